The molecule has 1 aliphatic rings. The van der Waals surface area contributed by atoms with E-state index in [0.29, 0.717) is 5.41 Å². The topological polar surface area (TPSA) is 29.3 Å². The third-order valence-corrected chi connectivity index (χ3v) is 5.45. The highest BCUT2D eigenvalue weighted by Crippen LogP contribution is 2.37. The van der Waals surface area contributed by atoms with Crippen LogP contribution >= 0.6 is 11.6 Å². The third kappa shape index (κ3) is 4.14. The zero-order chi connectivity index (χ0) is 15.5. The maximum Gasteiger partial charge on any atom is 0.0410 e. The van der Waals surface area contributed by atoms with E-state index in [4.69, 9.17) is 17.3 Å². The summed E-state index contributed by atoms with van der Waals surface area (Å²) in [6, 6.07) is 6.49. The van der Waals surface area contributed by atoms with Gasteiger partial charge in [-0.3, -0.25) is 0 Å². The van der Waals surface area contributed by atoms with Crippen LogP contribution in [0.2, 0.25) is 5.02 Å². The summed E-state index contributed by atoms with van der Waals surface area (Å²) in [6.07, 6.45) is 5.72. The summed E-state index contributed by atoms with van der Waals surface area (Å²) in [5, 5.41) is 0.812. The number of rotatable bonds is 5. The van der Waals surface area contributed by atoms with Crippen molar-refractivity contribution in [3.63, 3.8) is 0 Å². The van der Waals surface area contributed by atoms with E-state index in [-0.39, 0.29) is 6.04 Å². The van der Waals surface area contributed by atoms with Crippen molar-refractivity contribution in [2.24, 2.45) is 11.1 Å². The molecule has 2 N–H and O–H groups in total. The second kappa shape index (κ2) is 7.02. The molecular weight excluding hydrogens is 280 g/mol. The van der Waals surface area contributed by atoms with Crippen molar-refractivity contribution in [3.05, 3.63) is 28.8 Å². The van der Waals surface area contributed by atoms with Gasteiger partial charge in [0.05, 0.1) is 0 Å². The Labute approximate surface area is 134 Å². The number of piperidine rings is 1. The summed E-state index contributed by atoms with van der Waals surface area (Å²) in [6.45, 7) is 9.15. The molecule has 118 valence electrons. The van der Waals surface area contributed by atoms with Crippen LogP contribution in [-0.4, -0.2) is 19.1 Å². The quantitative estimate of drug-likeness (QED) is 0.859. The van der Waals surface area contributed by atoms with E-state index in [1.54, 1.807) is 0 Å². The summed E-state index contributed by atoms with van der Waals surface area (Å²) >= 11 is 6.19. The molecule has 1 aromatic rings. The zero-order valence-electron chi connectivity index (χ0n) is 13.7. The van der Waals surface area contributed by atoms with Crippen LogP contribution < -0.4 is 10.6 Å². The average Bonchev–Trinajstić information content (AvgIpc) is 2.48. The predicted octanol–water partition coefficient (Wildman–Crippen LogP) is 4.64. The Kier molecular flexibility index (Phi) is 5.56. The van der Waals surface area contributed by atoms with Gasteiger partial charge < -0.3 is 10.6 Å². The molecule has 0 radical (unpaired) electrons. The van der Waals surface area contributed by atoms with Crippen molar-refractivity contribution in [3.8, 4) is 0 Å². The van der Waals surface area contributed by atoms with Gasteiger partial charge >= 0.3 is 0 Å². The Bertz CT molecular complexity index is 464. The van der Waals surface area contributed by atoms with Crippen molar-refractivity contribution in [1.29, 1.82) is 0 Å². The molecule has 1 aliphatic heterocycles. The minimum Gasteiger partial charge on any atom is -0.371 e. The van der Waals surface area contributed by atoms with Gasteiger partial charge in [-0.1, -0.05) is 38.8 Å². The second-order valence-electron chi connectivity index (χ2n) is 6.80. The fraction of sp³-hybridized carbons (Fsp3) is 0.667. The van der Waals surface area contributed by atoms with Crippen molar-refractivity contribution in [2.45, 2.75) is 58.9 Å². The predicted molar refractivity (Wildman–Crippen MR) is 93.3 cm³/mol. The molecule has 1 saturated heterocycles. The van der Waals surface area contributed by atoms with Crippen LogP contribution in [0.1, 0.15) is 52.0 Å². The molecule has 0 spiro atoms. The van der Waals surface area contributed by atoms with E-state index in [9.17, 15) is 0 Å². The lowest BCUT2D eigenvalue weighted by Gasteiger charge is -2.41. The van der Waals surface area contributed by atoms with Crippen molar-refractivity contribution < 1.29 is 0 Å². The first-order valence-electron chi connectivity index (χ1n) is 8.26. The summed E-state index contributed by atoms with van der Waals surface area (Å²) in [5.74, 6) is 0. The van der Waals surface area contributed by atoms with Crippen LogP contribution in [-0.2, 0) is 6.42 Å². The van der Waals surface area contributed by atoms with Crippen LogP contribution in [0.3, 0.4) is 0 Å². The van der Waals surface area contributed by atoms with E-state index >= 15 is 0 Å². The molecule has 1 aromatic carbocycles. The SMILES string of the molecule is CCC(N)Cc1cc(Cl)ccc1N1CCC(C)(CC)CC1. The van der Waals surface area contributed by atoms with Gasteiger partial charge in [-0.2, -0.15) is 0 Å². The maximum absolute atomic E-state index is 6.19. The largest absolute Gasteiger partial charge is 0.371 e. The highest BCUT2D eigenvalue weighted by molar-refractivity contribution is 6.30. The fourth-order valence-electron chi connectivity index (χ4n) is 3.09. The number of halogens is 1. The van der Waals surface area contributed by atoms with Crippen LogP contribution in [0.4, 0.5) is 5.69 Å². The Morgan fingerprint density at radius 2 is 1.95 bits per heavy atom. The molecule has 2 rings (SSSR count). The Morgan fingerprint density at radius 1 is 1.29 bits per heavy atom. The number of anilines is 1. The molecule has 0 aliphatic carbocycles. The first-order chi connectivity index (χ1) is 9.97. The summed E-state index contributed by atoms with van der Waals surface area (Å²) < 4.78 is 0. The van der Waals surface area contributed by atoms with Gasteiger partial charge in [0.2, 0.25) is 0 Å². The van der Waals surface area contributed by atoms with Gasteiger partial charge in [0, 0.05) is 29.8 Å². The molecule has 2 nitrogen and oxygen atoms in total. The van der Waals surface area contributed by atoms with Gasteiger partial charge in [-0.15, -0.1) is 0 Å². The van der Waals surface area contributed by atoms with E-state index in [2.05, 4.69) is 37.8 Å². The first kappa shape index (κ1) is 16.6. The monoisotopic (exact) mass is 308 g/mol. The van der Waals surface area contributed by atoms with Crippen molar-refractivity contribution in [1.82, 2.24) is 0 Å². The lowest BCUT2D eigenvalue weighted by atomic mass is 9.78. The molecule has 1 fully saturated rings. The van der Waals surface area contributed by atoms with Gasteiger partial charge in [0.1, 0.15) is 0 Å². The number of benzene rings is 1. The van der Waals surface area contributed by atoms with Gasteiger partial charge in [0.15, 0.2) is 0 Å². The fourth-order valence-corrected chi connectivity index (χ4v) is 3.29. The Hall–Kier alpha value is -0.730. The van der Waals surface area contributed by atoms with Crippen LogP contribution in [0, 0.1) is 5.41 Å². The molecule has 3 heteroatoms. The van der Waals surface area contributed by atoms with E-state index < -0.39 is 0 Å². The normalized spacial score (nSPS) is 19.6. The summed E-state index contributed by atoms with van der Waals surface area (Å²) in [5.41, 5.74) is 9.31. The summed E-state index contributed by atoms with van der Waals surface area (Å²) in [4.78, 5) is 2.52. The molecule has 0 amide bonds. The summed E-state index contributed by atoms with van der Waals surface area (Å²) in [7, 11) is 0. The molecule has 1 heterocycles. The van der Waals surface area contributed by atoms with Crippen LogP contribution in [0.15, 0.2) is 18.2 Å². The highest BCUT2D eigenvalue weighted by Gasteiger charge is 2.29. The Balaban J connectivity index is 2.16. The maximum atomic E-state index is 6.19. The number of nitrogens with two attached hydrogens (primary N) is 1. The lowest BCUT2D eigenvalue weighted by molar-refractivity contribution is 0.238. The first-order valence-corrected chi connectivity index (χ1v) is 8.64. The highest BCUT2D eigenvalue weighted by atomic mass is 35.5. The smallest absolute Gasteiger partial charge is 0.0410 e. The molecule has 0 aromatic heterocycles. The molecular formula is C18H29ClN2. The number of hydrogen-bond acceptors (Lipinski definition) is 2. The van der Waals surface area contributed by atoms with E-state index in [1.807, 2.05) is 6.07 Å². The standard InChI is InChI=1S/C18H29ClN2/c1-4-16(20)13-14-12-15(19)6-7-17(14)21-10-8-18(3,5-2)9-11-21/h6-7,12,16H,4-5,8-11,13,20H2,1-3H3. The zero-order valence-corrected chi connectivity index (χ0v) is 14.4. The molecule has 1 unspecified atom stereocenters. The van der Waals surface area contributed by atoms with Crippen LogP contribution in [0.5, 0.6) is 0 Å². The van der Waals surface area contributed by atoms with E-state index in [0.717, 1.165) is 31.0 Å². The molecule has 0 saturated carbocycles. The Morgan fingerprint density at radius 3 is 2.52 bits per heavy atom. The van der Waals surface area contributed by atoms with E-state index in [1.165, 1.54) is 30.5 Å². The van der Waals surface area contributed by atoms with Gasteiger partial charge in [-0.25, -0.2) is 0 Å². The minimum absolute atomic E-state index is 0.216. The average molecular weight is 309 g/mol. The molecule has 21 heavy (non-hydrogen) atoms. The lowest BCUT2D eigenvalue weighted by Crippen LogP contribution is -2.39. The third-order valence-electron chi connectivity index (χ3n) is 5.21. The van der Waals surface area contributed by atoms with Crippen molar-refractivity contribution >= 4 is 17.3 Å². The number of hydrogen-bond donors (Lipinski definition) is 1. The minimum atomic E-state index is 0.216. The second-order valence-corrected chi connectivity index (χ2v) is 7.23. The van der Waals surface area contributed by atoms with Gasteiger partial charge in [0.25, 0.3) is 0 Å². The van der Waals surface area contributed by atoms with Crippen LogP contribution in [0.25, 0.3) is 0 Å². The van der Waals surface area contributed by atoms with Gasteiger partial charge in [-0.05, 0) is 54.9 Å². The van der Waals surface area contributed by atoms with Crippen molar-refractivity contribution in [2.75, 3.05) is 18.0 Å². The molecule has 0 bridgehead atoms. The molecule has 1 atom stereocenters. The number of nitrogens with zero attached hydrogens (tertiary/aromatic N) is 1.